The molecule has 19 heavy (non-hydrogen) atoms. The number of rotatable bonds is 5. The van der Waals surface area contributed by atoms with Gasteiger partial charge in [-0.1, -0.05) is 18.2 Å². The lowest BCUT2D eigenvalue weighted by atomic mass is 10.1. The minimum atomic E-state index is 0.126. The molecule has 0 bridgehead atoms. The van der Waals surface area contributed by atoms with Crippen LogP contribution in [0.2, 0.25) is 0 Å². The van der Waals surface area contributed by atoms with Crippen LogP contribution in [0.15, 0.2) is 35.2 Å². The molecular weight excluding hydrogens is 258 g/mol. The number of carbonyl (C=O) groups excluding carboxylic acids is 2. The number of benzene rings is 1. The van der Waals surface area contributed by atoms with Gasteiger partial charge in [0.2, 0.25) is 5.91 Å². The molecule has 1 unspecified atom stereocenters. The molecule has 1 heterocycles. The molecule has 0 aliphatic carbocycles. The summed E-state index contributed by atoms with van der Waals surface area (Å²) in [7, 11) is 0. The first-order valence-corrected chi connectivity index (χ1v) is 7.62. The fraction of sp³-hybridized carbons (Fsp3) is 0.467. The first-order chi connectivity index (χ1) is 9.16. The van der Waals surface area contributed by atoms with Crippen LogP contribution in [-0.4, -0.2) is 34.9 Å². The summed E-state index contributed by atoms with van der Waals surface area (Å²) in [6.07, 6.45) is 2.47. The number of hydrogen-bond donors (Lipinski definition) is 0. The molecule has 1 aromatic carbocycles. The van der Waals surface area contributed by atoms with E-state index in [9.17, 15) is 9.59 Å². The molecule has 0 N–H and O–H groups in total. The molecule has 0 spiro atoms. The van der Waals surface area contributed by atoms with Gasteiger partial charge in [0.1, 0.15) is 5.78 Å². The van der Waals surface area contributed by atoms with Crippen LogP contribution < -0.4 is 0 Å². The van der Waals surface area contributed by atoms with Crippen molar-refractivity contribution >= 4 is 23.5 Å². The number of thioether (sulfide) groups is 1. The van der Waals surface area contributed by atoms with Crippen molar-refractivity contribution in [2.75, 3.05) is 12.3 Å². The summed E-state index contributed by atoms with van der Waals surface area (Å²) in [5.74, 6) is 0.774. The Morgan fingerprint density at radius 1 is 1.32 bits per heavy atom. The van der Waals surface area contributed by atoms with E-state index in [4.69, 9.17) is 0 Å². The molecule has 1 aliphatic heterocycles. The highest BCUT2D eigenvalue weighted by atomic mass is 32.2. The van der Waals surface area contributed by atoms with Crippen LogP contribution in [0.3, 0.4) is 0 Å². The highest BCUT2D eigenvalue weighted by molar-refractivity contribution is 8.00. The number of nitrogens with zero attached hydrogens (tertiary/aromatic N) is 1. The third-order valence-electron chi connectivity index (χ3n) is 3.33. The lowest BCUT2D eigenvalue weighted by Gasteiger charge is -2.23. The predicted molar refractivity (Wildman–Crippen MR) is 77.2 cm³/mol. The number of hydrogen-bond acceptors (Lipinski definition) is 3. The standard InChI is InChI=1S/C15H19NO2S/c1-12(17)10-13-6-5-9-16(13)15(18)11-19-14-7-3-2-4-8-14/h2-4,7-8,13H,5-6,9-11H2,1H3. The van der Waals surface area contributed by atoms with E-state index in [0.717, 1.165) is 24.3 Å². The molecule has 1 aromatic rings. The number of amides is 1. The molecular formula is C15H19NO2S. The van der Waals surface area contributed by atoms with Gasteiger partial charge in [0.25, 0.3) is 0 Å². The van der Waals surface area contributed by atoms with Gasteiger partial charge in [0.05, 0.1) is 5.75 Å². The monoisotopic (exact) mass is 277 g/mol. The first kappa shape index (κ1) is 14.1. The number of carbonyl (C=O) groups is 2. The average Bonchev–Trinajstić information content (AvgIpc) is 2.84. The Morgan fingerprint density at radius 3 is 2.74 bits per heavy atom. The Hall–Kier alpha value is -1.29. The maximum Gasteiger partial charge on any atom is 0.233 e. The summed E-state index contributed by atoms with van der Waals surface area (Å²) < 4.78 is 0. The fourth-order valence-electron chi connectivity index (χ4n) is 2.45. The van der Waals surface area contributed by atoms with Gasteiger partial charge >= 0.3 is 0 Å². The largest absolute Gasteiger partial charge is 0.339 e. The predicted octanol–water partition coefficient (Wildman–Crippen LogP) is 2.75. The first-order valence-electron chi connectivity index (χ1n) is 6.63. The molecule has 0 saturated carbocycles. The van der Waals surface area contributed by atoms with Crippen LogP contribution in [-0.2, 0) is 9.59 Å². The van der Waals surface area contributed by atoms with E-state index in [1.54, 1.807) is 18.7 Å². The van der Waals surface area contributed by atoms with Crippen molar-refractivity contribution in [1.82, 2.24) is 4.90 Å². The number of likely N-dealkylation sites (tertiary alicyclic amines) is 1. The van der Waals surface area contributed by atoms with Gasteiger partial charge in [-0.05, 0) is 31.9 Å². The molecule has 2 rings (SSSR count). The van der Waals surface area contributed by atoms with Crippen LogP contribution in [0, 0.1) is 0 Å². The molecule has 1 atom stereocenters. The van der Waals surface area contributed by atoms with Gasteiger partial charge in [-0.25, -0.2) is 0 Å². The third kappa shape index (κ3) is 4.10. The summed E-state index contributed by atoms with van der Waals surface area (Å²) in [5.41, 5.74) is 0. The van der Waals surface area contributed by atoms with Crippen LogP contribution >= 0.6 is 11.8 Å². The van der Waals surface area contributed by atoms with Gasteiger partial charge in [0, 0.05) is 23.9 Å². The maximum atomic E-state index is 12.2. The summed E-state index contributed by atoms with van der Waals surface area (Å²) in [6, 6.07) is 10.1. The molecule has 1 aliphatic rings. The lowest BCUT2D eigenvalue weighted by molar-refractivity contribution is -0.129. The summed E-state index contributed by atoms with van der Waals surface area (Å²) in [6.45, 7) is 2.39. The average molecular weight is 277 g/mol. The Morgan fingerprint density at radius 2 is 2.05 bits per heavy atom. The molecule has 1 fully saturated rings. The van der Waals surface area contributed by atoms with Crippen LogP contribution in [0.1, 0.15) is 26.2 Å². The highest BCUT2D eigenvalue weighted by Crippen LogP contribution is 2.23. The smallest absolute Gasteiger partial charge is 0.233 e. The zero-order chi connectivity index (χ0) is 13.7. The summed E-state index contributed by atoms with van der Waals surface area (Å²) in [5, 5.41) is 0. The quantitative estimate of drug-likeness (QED) is 0.777. The Labute approximate surface area is 118 Å². The Kier molecular flexibility index (Phi) is 5.02. The van der Waals surface area contributed by atoms with E-state index in [0.29, 0.717) is 12.2 Å². The van der Waals surface area contributed by atoms with Crippen LogP contribution in [0.25, 0.3) is 0 Å². The van der Waals surface area contributed by atoms with Crippen molar-refractivity contribution < 1.29 is 9.59 Å². The molecule has 0 aromatic heterocycles. The molecule has 0 radical (unpaired) electrons. The molecule has 4 heteroatoms. The van der Waals surface area contributed by atoms with Gasteiger partial charge < -0.3 is 4.90 Å². The van der Waals surface area contributed by atoms with E-state index < -0.39 is 0 Å². The zero-order valence-electron chi connectivity index (χ0n) is 11.2. The second-order valence-electron chi connectivity index (χ2n) is 4.89. The van der Waals surface area contributed by atoms with Gasteiger partial charge in [0.15, 0.2) is 0 Å². The van der Waals surface area contributed by atoms with E-state index in [1.165, 1.54) is 0 Å². The zero-order valence-corrected chi connectivity index (χ0v) is 12.0. The van der Waals surface area contributed by atoms with Crippen LogP contribution in [0.4, 0.5) is 0 Å². The van der Waals surface area contributed by atoms with Crippen molar-refractivity contribution in [3.63, 3.8) is 0 Å². The minimum Gasteiger partial charge on any atom is -0.339 e. The van der Waals surface area contributed by atoms with Crippen LogP contribution in [0.5, 0.6) is 0 Å². The fourth-order valence-corrected chi connectivity index (χ4v) is 3.26. The topological polar surface area (TPSA) is 37.4 Å². The molecule has 102 valence electrons. The van der Waals surface area contributed by atoms with E-state index in [1.807, 2.05) is 35.2 Å². The van der Waals surface area contributed by atoms with E-state index in [-0.39, 0.29) is 17.7 Å². The van der Waals surface area contributed by atoms with Gasteiger partial charge in [-0.15, -0.1) is 11.8 Å². The van der Waals surface area contributed by atoms with Gasteiger partial charge in [-0.3, -0.25) is 9.59 Å². The van der Waals surface area contributed by atoms with Gasteiger partial charge in [-0.2, -0.15) is 0 Å². The van der Waals surface area contributed by atoms with E-state index in [2.05, 4.69) is 0 Å². The van der Waals surface area contributed by atoms with Crippen molar-refractivity contribution in [2.45, 2.75) is 37.1 Å². The maximum absolute atomic E-state index is 12.2. The SMILES string of the molecule is CC(=O)CC1CCCN1C(=O)CSc1ccccc1. The van der Waals surface area contributed by atoms with Crippen molar-refractivity contribution in [3.05, 3.63) is 30.3 Å². The lowest BCUT2D eigenvalue weighted by Crippen LogP contribution is -2.37. The molecule has 1 saturated heterocycles. The normalized spacial score (nSPS) is 18.6. The van der Waals surface area contributed by atoms with Crippen molar-refractivity contribution in [3.8, 4) is 0 Å². The van der Waals surface area contributed by atoms with E-state index >= 15 is 0 Å². The van der Waals surface area contributed by atoms with Crippen molar-refractivity contribution in [2.24, 2.45) is 0 Å². The minimum absolute atomic E-state index is 0.126. The Balaban J connectivity index is 1.87. The second kappa shape index (κ2) is 6.75. The highest BCUT2D eigenvalue weighted by Gasteiger charge is 2.29. The summed E-state index contributed by atoms with van der Waals surface area (Å²) >= 11 is 1.56. The number of ketones is 1. The van der Waals surface area contributed by atoms with Crippen molar-refractivity contribution in [1.29, 1.82) is 0 Å². The third-order valence-corrected chi connectivity index (χ3v) is 4.32. The Bertz CT molecular complexity index is 447. The molecule has 3 nitrogen and oxygen atoms in total. The summed E-state index contributed by atoms with van der Waals surface area (Å²) in [4.78, 5) is 26.4. The molecule has 1 amide bonds. The second-order valence-corrected chi connectivity index (χ2v) is 5.94. The number of Topliss-reactive ketones (excluding diaryl/α,β-unsaturated/α-hetero) is 1.